The fraction of sp³-hybridized carbons (Fsp3) is 0.571. The quantitative estimate of drug-likeness (QED) is 0.871. The minimum Gasteiger partial charge on any atom is -0.392 e. The molecule has 19 heavy (non-hydrogen) atoms. The lowest BCUT2D eigenvalue weighted by molar-refractivity contribution is 0.280. The summed E-state index contributed by atoms with van der Waals surface area (Å²) in [6.07, 6.45) is 0.940. The third kappa shape index (κ3) is 3.78. The molecular weight excluding hydrogens is 262 g/mol. The largest absolute Gasteiger partial charge is 0.392 e. The lowest BCUT2D eigenvalue weighted by Crippen LogP contribution is -2.31. The Morgan fingerprint density at radius 1 is 1.37 bits per heavy atom. The number of rotatable bonds is 6. The Kier molecular flexibility index (Phi) is 5.52. The highest BCUT2D eigenvalue weighted by atomic mass is 32.2. The van der Waals surface area contributed by atoms with Gasteiger partial charge in [0.05, 0.1) is 11.5 Å². The van der Waals surface area contributed by atoms with Gasteiger partial charge in [-0.1, -0.05) is 26.3 Å². The molecule has 0 spiro atoms. The van der Waals surface area contributed by atoms with Crippen LogP contribution in [-0.2, 0) is 16.6 Å². The predicted octanol–water partition coefficient (Wildman–Crippen LogP) is 2.15. The van der Waals surface area contributed by atoms with Crippen molar-refractivity contribution in [3.63, 3.8) is 0 Å². The molecule has 1 aromatic rings. The number of aliphatic hydroxyl groups excluding tert-OH is 1. The fourth-order valence-electron chi connectivity index (χ4n) is 1.82. The number of hydrogen-bond acceptors (Lipinski definition) is 3. The summed E-state index contributed by atoms with van der Waals surface area (Å²) in [7, 11) is -1.87. The van der Waals surface area contributed by atoms with E-state index in [0.29, 0.717) is 18.0 Å². The molecule has 0 saturated heterocycles. The van der Waals surface area contributed by atoms with Crippen molar-refractivity contribution in [1.29, 1.82) is 0 Å². The van der Waals surface area contributed by atoms with E-state index in [1.807, 2.05) is 20.8 Å². The number of benzene rings is 1. The number of aryl methyl sites for hydroxylation is 1. The SMILES string of the molecule is CCC(C)CN(C)S(=O)(=O)c1ccc(C)c(CO)c1. The number of aliphatic hydroxyl groups is 1. The summed E-state index contributed by atoms with van der Waals surface area (Å²) in [5.41, 5.74) is 1.55. The van der Waals surface area contributed by atoms with Gasteiger partial charge in [-0.25, -0.2) is 12.7 Å². The third-order valence-electron chi connectivity index (χ3n) is 3.46. The van der Waals surface area contributed by atoms with Crippen LogP contribution in [-0.4, -0.2) is 31.4 Å². The first-order valence-electron chi connectivity index (χ1n) is 6.49. The van der Waals surface area contributed by atoms with Crippen molar-refractivity contribution in [3.8, 4) is 0 Å². The Labute approximate surface area is 116 Å². The van der Waals surface area contributed by atoms with Gasteiger partial charge in [-0.15, -0.1) is 0 Å². The lowest BCUT2D eigenvalue weighted by atomic mass is 10.1. The highest BCUT2D eigenvalue weighted by molar-refractivity contribution is 7.89. The summed E-state index contributed by atoms with van der Waals surface area (Å²) in [6.45, 7) is 6.28. The minimum atomic E-state index is -3.47. The second-order valence-corrected chi connectivity index (χ2v) is 7.09. The maximum Gasteiger partial charge on any atom is 0.242 e. The Morgan fingerprint density at radius 3 is 2.53 bits per heavy atom. The molecule has 0 radical (unpaired) electrons. The summed E-state index contributed by atoms with van der Waals surface area (Å²) in [4.78, 5) is 0.243. The normalized spacial score (nSPS) is 13.8. The topological polar surface area (TPSA) is 57.6 Å². The summed E-state index contributed by atoms with van der Waals surface area (Å²) in [5.74, 6) is 0.322. The lowest BCUT2D eigenvalue weighted by Gasteiger charge is -2.21. The molecule has 0 amide bonds. The molecule has 0 bridgehead atoms. The van der Waals surface area contributed by atoms with E-state index < -0.39 is 10.0 Å². The number of nitrogens with zero attached hydrogens (tertiary/aromatic N) is 1. The molecule has 1 aromatic carbocycles. The van der Waals surface area contributed by atoms with Crippen LogP contribution in [0, 0.1) is 12.8 Å². The van der Waals surface area contributed by atoms with Crippen LogP contribution in [0.1, 0.15) is 31.4 Å². The van der Waals surface area contributed by atoms with Crippen LogP contribution in [0.15, 0.2) is 23.1 Å². The molecule has 1 rings (SSSR count). The van der Waals surface area contributed by atoms with Gasteiger partial charge in [-0.2, -0.15) is 0 Å². The molecule has 4 nitrogen and oxygen atoms in total. The van der Waals surface area contributed by atoms with Gasteiger partial charge in [-0.3, -0.25) is 0 Å². The van der Waals surface area contributed by atoms with E-state index in [-0.39, 0.29) is 11.5 Å². The third-order valence-corrected chi connectivity index (χ3v) is 5.28. The molecule has 0 saturated carbocycles. The van der Waals surface area contributed by atoms with Crippen molar-refractivity contribution in [1.82, 2.24) is 4.31 Å². The van der Waals surface area contributed by atoms with Gasteiger partial charge >= 0.3 is 0 Å². The van der Waals surface area contributed by atoms with Crippen LogP contribution in [0.25, 0.3) is 0 Å². The second kappa shape index (κ2) is 6.50. The average Bonchev–Trinajstić information content (AvgIpc) is 2.38. The van der Waals surface area contributed by atoms with Crippen molar-refractivity contribution in [2.45, 2.75) is 38.7 Å². The van der Waals surface area contributed by atoms with Crippen molar-refractivity contribution in [3.05, 3.63) is 29.3 Å². The zero-order valence-electron chi connectivity index (χ0n) is 12.0. The van der Waals surface area contributed by atoms with E-state index in [1.54, 1.807) is 25.2 Å². The standard InChI is InChI=1S/C14H23NO3S/c1-5-11(2)9-15(4)19(17,18)14-7-6-12(3)13(8-14)10-16/h6-8,11,16H,5,9-10H2,1-4H3. The highest BCUT2D eigenvalue weighted by Gasteiger charge is 2.22. The highest BCUT2D eigenvalue weighted by Crippen LogP contribution is 2.20. The summed E-state index contributed by atoms with van der Waals surface area (Å²) < 4.78 is 26.2. The van der Waals surface area contributed by atoms with E-state index in [9.17, 15) is 13.5 Å². The van der Waals surface area contributed by atoms with Gasteiger partial charge in [-0.05, 0) is 36.1 Å². The van der Waals surface area contributed by atoms with E-state index in [0.717, 1.165) is 12.0 Å². The van der Waals surface area contributed by atoms with Gasteiger partial charge < -0.3 is 5.11 Å². The number of sulfonamides is 1. The molecule has 0 aliphatic carbocycles. The first kappa shape index (κ1) is 16.1. The Hall–Kier alpha value is -0.910. The van der Waals surface area contributed by atoms with Crippen molar-refractivity contribution < 1.29 is 13.5 Å². The van der Waals surface area contributed by atoms with E-state index in [4.69, 9.17) is 0 Å². The molecule has 1 N–H and O–H groups in total. The van der Waals surface area contributed by atoms with Gasteiger partial charge in [0.1, 0.15) is 0 Å². The molecular formula is C14H23NO3S. The zero-order valence-corrected chi connectivity index (χ0v) is 12.9. The van der Waals surface area contributed by atoms with E-state index in [1.165, 1.54) is 4.31 Å². The smallest absolute Gasteiger partial charge is 0.242 e. The Bertz CT molecular complexity index is 525. The minimum absolute atomic E-state index is 0.149. The number of hydrogen-bond donors (Lipinski definition) is 1. The molecule has 1 atom stereocenters. The molecule has 0 aliphatic rings. The maximum atomic E-state index is 12.4. The van der Waals surface area contributed by atoms with Crippen LogP contribution >= 0.6 is 0 Å². The average molecular weight is 285 g/mol. The molecule has 0 fully saturated rings. The summed E-state index contributed by atoms with van der Waals surface area (Å²) >= 11 is 0. The molecule has 1 unspecified atom stereocenters. The monoisotopic (exact) mass is 285 g/mol. The van der Waals surface area contributed by atoms with Crippen LogP contribution in [0.2, 0.25) is 0 Å². The van der Waals surface area contributed by atoms with Crippen LogP contribution < -0.4 is 0 Å². The van der Waals surface area contributed by atoms with Gasteiger partial charge in [0.25, 0.3) is 0 Å². The molecule has 0 aromatic heterocycles. The maximum absolute atomic E-state index is 12.4. The van der Waals surface area contributed by atoms with Gasteiger partial charge in [0.15, 0.2) is 0 Å². The fourth-order valence-corrected chi connectivity index (χ4v) is 3.17. The second-order valence-electron chi connectivity index (χ2n) is 5.05. The van der Waals surface area contributed by atoms with Crippen molar-refractivity contribution >= 4 is 10.0 Å². The van der Waals surface area contributed by atoms with Crippen LogP contribution in [0.3, 0.4) is 0 Å². The molecule has 108 valence electrons. The first-order valence-corrected chi connectivity index (χ1v) is 7.93. The predicted molar refractivity (Wildman–Crippen MR) is 76.4 cm³/mol. The Balaban J connectivity index is 3.06. The summed E-state index contributed by atoms with van der Waals surface area (Å²) in [6, 6.07) is 4.88. The van der Waals surface area contributed by atoms with Crippen LogP contribution in [0.4, 0.5) is 0 Å². The first-order chi connectivity index (χ1) is 8.82. The molecule has 0 heterocycles. The zero-order chi connectivity index (χ0) is 14.6. The van der Waals surface area contributed by atoms with Crippen LogP contribution in [0.5, 0.6) is 0 Å². The van der Waals surface area contributed by atoms with Gasteiger partial charge in [0.2, 0.25) is 10.0 Å². The summed E-state index contributed by atoms with van der Waals surface area (Å²) in [5, 5.41) is 9.22. The van der Waals surface area contributed by atoms with Gasteiger partial charge in [0, 0.05) is 13.6 Å². The molecule has 0 aliphatic heterocycles. The van der Waals surface area contributed by atoms with E-state index in [2.05, 4.69) is 0 Å². The molecule has 5 heteroatoms. The van der Waals surface area contributed by atoms with E-state index >= 15 is 0 Å². The van der Waals surface area contributed by atoms with Crippen molar-refractivity contribution in [2.24, 2.45) is 5.92 Å². The van der Waals surface area contributed by atoms with Crippen molar-refractivity contribution in [2.75, 3.05) is 13.6 Å². The Morgan fingerprint density at radius 2 is 2.00 bits per heavy atom.